The van der Waals surface area contributed by atoms with E-state index in [4.69, 9.17) is 0 Å². The molecule has 0 aliphatic rings. The lowest BCUT2D eigenvalue weighted by molar-refractivity contribution is 1.14. The number of nitrogens with one attached hydrogen (secondary N) is 1. The van der Waals surface area contributed by atoms with Crippen molar-refractivity contribution in [3.8, 4) is 11.4 Å². The van der Waals surface area contributed by atoms with E-state index in [1.807, 2.05) is 12.1 Å². The Bertz CT molecular complexity index is 683. The molecule has 0 atom stereocenters. The number of hydrogen-bond donors (Lipinski definition) is 1. The number of nitrogens with zero attached hydrogens (tertiary/aromatic N) is 1. The molecule has 0 spiro atoms. The number of imidazole rings is 1. The van der Waals surface area contributed by atoms with Gasteiger partial charge in [-0.2, -0.15) is 0 Å². The lowest BCUT2D eigenvalue weighted by Gasteiger charge is -1.96. The van der Waals surface area contributed by atoms with E-state index < -0.39 is 0 Å². The second-order valence-corrected chi connectivity index (χ2v) is 5.21. The number of benzene rings is 2. The highest BCUT2D eigenvalue weighted by Gasteiger charge is 2.05. The molecule has 0 radical (unpaired) electrons. The summed E-state index contributed by atoms with van der Waals surface area (Å²) in [6.07, 6.45) is 1.04. The van der Waals surface area contributed by atoms with Gasteiger partial charge < -0.3 is 4.98 Å². The van der Waals surface area contributed by atoms with Gasteiger partial charge in [-0.25, -0.2) is 4.98 Å². The lowest BCUT2D eigenvalue weighted by atomic mass is 10.1. The normalized spacial score (nSPS) is 11.0. The fraction of sp³-hybridized carbons (Fsp3) is 0.133. The van der Waals surface area contributed by atoms with E-state index in [2.05, 4.69) is 63.2 Å². The van der Waals surface area contributed by atoms with Gasteiger partial charge in [0.05, 0.1) is 11.0 Å². The molecule has 18 heavy (non-hydrogen) atoms. The molecule has 1 aromatic heterocycles. The molecule has 0 bridgehead atoms. The SMILES string of the molecule is CCc1ccc2nc(-c3ccc(Br)cc3)[nH]c2c1. The summed E-state index contributed by atoms with van der Waals surface area (Å²) in [5.41, 5.74) is 4.55. The van der Waals surface area contributed by atoms with Crippen LogP contribution in [0.5, 0.6) is 0 Å². The van der Waals surface area contributed by atoms with Gasteiger partial charge in [0.25, 0.3) is 0 Å². The molecule has 3 aromatic rings. The predicted octanol–water partition coefficient (Wildman–Crippen LogP) is 4.55. The Labute approximate surface area is 114 Å². The van der Waals surface area contributed by atoms with Crippen LogP contribution >= 0.6 is 15.9 Å². The molecule has 0 aliphatic heterocycles. The zero-order valence-corrected chi connectivity index (χ0v) is 11.7. The summed E-state index contributed by atoms with van der Waals surface area (Å²) in [5, 5.41) is 0. The molecule has 1 heterocycles. The standard InChI is InChI=1S/C15H13BrN2/c1-2-10-3-8-13-14(9-10)18-15(17-13)11-4-6-12(16)7-5-11/h3-9H,2H2,1H3,(H,17,18). The Balaban J connectivity index is 2.10. The Hall–Kier alpha value is -1.61. The van der Waals surface area contributed by atoms with E-state index in [9.17, 15) is 0 Å². The Morgan fingerprint density at radius 3 is 2.61 bits per heavy atom. The third-order valence-corrected chi connectivity index (χ3v) is 3.60. The fourth-order valence-corrected chi connectivity index (χ4v) is 2.29. The molecule has 0 amide bonds. The summed E-state index contributed by atoms with van der Waals surface area (Å²) >= 11 is 3.44. The van der Waals surface area contributed by atoms with Crippen molar-refractivity contribution in [2.24, 2.45) is 0 Å². The Morgan fingerprint density at radius 1 is 1.11 bits per heavy atom. The topological polar surface area (TPSA) is 28.7 Å². The first-order valence-corrected chi connectivity index (χ1v) is 6.80. The predicted molar refractivity (Wildman–Crippen MR) is 78.6 cm³/mol. The van der Waals surface area contributed by atoms with Crippen LogP contribution in [0.4, 0.5) is 0 Å². The molecule has 0 saturated heterocycles. The maximum absolute atomic E-state index is 4.62. The van der Waals surface area contributed by atoms with Gasteiger partial charge in [0.2, 0.25) is 0 Å². The summed E-state index contributed by atoms with van der Waals surface area (Å²) in [6.45, 7) is 2.16. The van der Waals surface area contributed by atoms with E-state index >= 15 is 0 Å². The molecule has 0 aliphatic carbocycles. The molecule has 90 valence electrons. The maximum atomic E-state index is 4.62. The molecular weight excluding hydrogens is 288 g/mol. The number of aromatic nitrogens is 2. The first-order valence-electron chi connectivity index (χ1n) is 6.01. The summed E-state index contributed by atoms with van der Waals surface area (Å²) in [4.78, 5) is 8.00. The smallest absolute Gasteiger partial charge is 0.138 e. The number of rotatable bonds is 2. The van der Waals surface area contributed by atoms with E-state index in [1.165, 1.54) is 5.56 Å². The minimum atomic E-state index is 0.922. The van der Waals surface area contributed by atoms with Gasteiger partial charge in [-0.1, -0.05) is 41.1 Å². The Kier molecular flexibility index (Phi) is 2.92. The van der Waals surface area contributed by atoms with Crippen molar-refractivity contribution in [2.75, 3.05) is 0 Å². The van der Waals surface area contributed by atoms with Gasteiger partial charge in [0, 0.05) is 10.0 Å². The molecule has 3 heteroatoms. The molecule has 2 nitrogen and oxygen atoms in total. The second kappa shape index (κ2) is 4.58. The zero-order valence-electron chi connectivity index (χ0n) is 10.1. The Morgan fingerprint density at radius 2 is 1.89 bits per heavy atom. The minimum Gasteiger partial charge on any atom is -0.338 e. The largest absolute Gasteiger partial charge is 0.338 e. The van der Waals surface area contributed by atoms with Crippen LogP contribution in [0.25, 0.3) is 22.4 Å². The van der Waals surface area contributed by atoms with Crippen LogP contribution < -0.4 is 0 Å². The average Bonchev–Trinajstić information content (AvgIpc) is 2.82. The number of H-pyrrole nitrogens is 1. The van der Waals surface area contributed by atoms with Crippen molar-refractivity contribution in [3.05, 3.63) is 52.5 Å². The van der Waals surface area contributed by atoms with E-state index in [1.54, 1.807) is 0 Å². The second-order valence-electron chi connectivity index (χ2n) is 4.30. The van der Waals surface area contributed by atoms with Gasteiger partial charge in [-0.15, -0.1) is 0 Å². The van der Waals surface area contributed by atoms with Gasteiger partial charge in [0.15, 0.2) is 0 Å². The first kappa shape index (κ1) is 11.5. The van der Waals surface area contributed by atoms with E-state index in [0.717, 1.165) is 33.3 Å². The average molecular weight is 301 g/mol. The molecule has 0 saturated carbocycles. The van der Waals surface area contributed by atoms with Crippen molar-refractivity contribution in [1.82, 2.24) is 9.97 Å². The number of aromatic amines is 1. The summed E-state index contributed by atoms with van der Waals surface area (Å²) in [5.74, 6) is 0.922. The fourth-order valence-electron chi connectivity index (χ4n) is 2.02. The number of halogens is 1. The molecule has 1 N–H and O–H groups in total. The van der Waals surface area contributed by atoms with Crippen molar-refractivity contribution in [3.63, 3.8) is 0 Å². The molecule has 2 aromatic carbocycles. The van der Waals surface area contributed by atoms with Crippen molar-refractivity contribution in [1.29, 1.82) is 0 Å². The number of aryl methyl sites for hydroxylation is 1. The molecule has 3 rings (SSSR count). The molecular formula is C15H13BrN2. The quantitative estimate of drug-likeness (QED) is 0.739. The van der Waals surface area contributed by atoms with Crippen LogP contribution in [0.3, 0.4) is 0 Å². The van der Waals surface area contributed by atoms with Crippen LogP contribution in [0, 0.1) is 0 Å². The van der Waals surface area contributed by atoms with Crippen molar-refractivity contribution >= 4 is 27.0 Å². The number of fused-ring (bicyclic) bond motifs is 1. The zero-order chi connectivity index (χ0) is 12.5. The highest BCUT2D eigenvalue weighted by molar-refractivity contribution is 9.10. The van der Waals surface area contributed by atoms with Gasteiger partial charge >= 0.3 is 0 Å². The van der Waals surface area contributed by atoms with E-state index in [0.29, 0.717) is 0 Å². The maximum Gasteiger partial charge on any atom is 0.138 e. The van der Waals surface area contributed by atoms with Crippen LogP contribution in [-0.4, -0.2) is 9.97 Å². The third-order valence-electron chi connectivity index (χ3n) is 3.07. The summed E-state index contributed by atoms with van der Waals surface area (Å²) < 4.78 is 1.08. The lowest BCUT2D eigenvalue weighted by Crippen LogP contribution is -1.79. The first-order chi connectivity index (χ1) is 8.76. The van der Waals surface area contributed by atoms with Crippen LogP contribution in [0.2, 0.25) is 0 Å². The highest BCUT2D eigenvalue weighted by atomic mass is 79.9. The van der Waals surface area contributed by atoms with Gasteiger partial charge in [-0.3, -0.25) is 0 Å². The van der Waals surface area contributed by atoms with Crippen LogP contribution in [0.15, 0.2) is 46.9 Å². The van der Waals surface area contributed by atoms with Gasteiger partial charge in [-0.05, 0) is 36.2 Å². The summed E-state index contributed by atoms with van der Waals surface area (Å²) in [7, 11) is 0. The van der Waals surface area contributed by atoms with Crippen LogP contribution in [0.1, 0.15) is 12.5 Å². The van der Waals surface area contributed by atoms with Crippen molar-refractivity contribution < 1.29 is 0 Å². The monoisotopic (exact) mass is 300 g/mol. The highest BCUT2D eigenvalue weighted by Crippen LogP contribution is 2.23. The minimum absolute atomic E-state index is 0.922. The molecule has 0 unspecified atom stereocenters. The number of hydrogen-bond acceptors (Lipinski definition) is 1. The third kappa shape index (κ3) is 2.06. The van der Waals surface area contributed by atoms with E-state index in [-0.39, 0.29) is 0 Å². The molecule has 0 fully saturated rings. The summed E-state index contributed by atoms with van der Waals surface area (Å²) in [6, 6.07) is 14.6. The van der Waals surface area contributed by atoms with Crippen molar-refractivity contribution in [2.45, 2.75) is 13.3 Å². The van der Waals surface area contributed by atoms with Gasteiger partial charge in [0.1, 0.15) is 5.82 Å². The van der Waals surface area contributed by atoms with Crippen LogP contribution in [-0.2, 0) is 6.42 Å².